The maximum Gasteiger partial charge on any atom is 0.248 e. The Balaban J connectivity index is 1.93. The van der Waals surface area contributed by atoms with Crippen LogP contribution < -0.4 is 11.5 Å². The summed E-state index contributed by atoms with van der Waals surface area (Å²) in [5, 5.41) is 0. The number of amides is 1. The van der Waals surface area contributed by atoms with Gasteiger partial charge in [-0.25, -0.2) is 0 Å². The van der Waals surface area contributed by atoms with Crippen molar-refractivity contribution in [1.82, 2.24) is 4.90 Å². The normalized spacial score (nSPS) is 25.5. The fourth-order valence-corrected chi connectivity index (χ4v) is 3.57. The number of fused-ring (bicyclic) bond motifs is 1. The van der Waals surface area contributed by atoms with Gasteiger partial charge in [-0.15, -0.1) is 0 Å². The van der Waals surface area contributed by atoms with Crippen molar-refractivity contribution in [3.8, 4) is 0 Å². The number of benzene rings is 1. The molecular weight excluding hydrogens is 238 g/mol. The molecule has 1 amide bonds. The fraction of sp³-hybridized carbons (Fsp3) is 0.533. The molecular formula is C15H21N3O. The molecule has 1 spiro atoms. The molecule has 4 N–H and O–H groups in total. The quantitative estimate of drug-likeness (QED) is 0.792. The summed E-state index contributed by atoms with van der Waals surface area (Å²) in [6.45, 7) is 2.20. The van der Waals surface area contributed by atoms with Gasteiger partial charge in [0.15, 0.2) is 0 Å². The summed E-state index contributed by atoms with van der Waals surface area (Å²) in [7, 11) is 2.16. The summed E-state index contributed by atoms with van der Waals surface area (Å²) in [4.78, 5) is 13.6. The van der Waals surface area contributed by atoms with Crippen LogP contribution in [0.15, 0.2) is 18.2 Å². The van der Waals surface area contributed by atoms with Crippen molar-refractivity contribution in [1.29, 1.82) is 0 Å². The van der Waals surface area contributed by atoms with E-state index in [0.717, 1.165) is 37.9 Å². The fourth-order valence-electron chi connectivity index (χ4n) is 3.57. The van der Waals surface area contributed by atoms with E-state index >= 15 is 0 Å². The van der Waals surface area contributed by atoms with Crippen molar-refractivity contribution >= 4 is 5.91 Å². The van der Waals surface area contributed by atoms with Crippen molar-refractivity contribution in [2.75, 3.05) is 20.1 Å². The minimum Gasteiger partial charge on any atom is -0.366 e. The van der Waals surface area contributed by atoms with Crippen molar-refractivity contribution in [2.45, 2.75) is 25.3 Å². The minimum absolute atomic E-state index is 0.0375. The summed E-state index contributed by atoms with van der Waals surface area (Å²) >= 11 is 0. The van der Waals surface area contributed by atoms with Crippen molar-refractivity contribution in [2.24, 2.45) is 16.9 Å². The van der Waals surface area contributed by atoms with E-state index < -0.39 is 0 Å². The van der Waals surface area contributed by atoms with E-state index in [1.165, 1.54) is 5.56 Å². The number of rotatable bonds is 1. The Labute approximate surface area is 113 Å². The van der Waals surface area contributed by atoms with Crippen LogP contribution in [0.3, 0.4) is 0 Å². The molecule has 1 fully saturated rings. The Kier molecular flexibility index (Phi) is 2.87. The van der Waals surface area contributed by atoms with E-state index in [1.807, 2.05) is 18.2 Å². The number of primary amides is 1. The van der Waals surface area contributed by atoms with Gasteiger partial charge < -0.3 is 16.4 Å². The molecule has 1 atom stereocenters. The number of nitrogens with zero attached hydrogens (tertiary/aromatic N) is 1. The van der Waals surface area contributed by atoms with E-state index in [1.54, 1.807) is 0 Å². The van der Waals surface area contributed by atoms with Gasteiger partial charge in [-0.1, -0.05) is 6.07 Å². The molecule has 1 saturated heterocycles. The molecule has 0 radical (unpaired) electrons. The van der Waals surface area contributed by atoms with Gasteiger partial charge in [0.1, 0.15) is 0 Å². The van der Waals surface area contributed by atoms with Crippen LogP contribution in [-0.4, -0.2) is 30.9 Å². The zero-order chi connectivity index (χ0) is 13.6. The van der Waals surface area contributed by atoms with Crippen molar-refractivity contribution in [3.05, 3.63) is 34.9 Å². The molecule has 102 valence electrons. The highest BCUT2D eigenvalue weighted by Crippen LogP contribution is 2.50. The molecule has 1 aromatic carbocycles. The standard InChI is InChI=1S/C15H21N3O/c1-18-6-4-15(5-7-18)9-11-3-2-10(14(17)19)8-12(11)13(15)16/h2-3,8,13H,4-7,9,16H2,1H3,(H2,17,19). The highest BCUT2D eigenvalue weighted by Gasteiger charge is 2.45. The summed E-state index contributed by atoms with van der Waals surface area (Å²) in [5.74, 6) is -0.376. The van der Waals surface area contributed by atoms with Gasteiger partial charge in [-0.05, 0) is 68.1 Å². The Morgan fingerprint density at radius 2 is 2.05 bits per heavy atom. The molecule has 0 saturated carbocycles. The smallest absolute Gasteiger partial charge is 0.248 e. The number of carbonyl (C=O) groups excluding carboxylic acids is 1. The molecule has 1 aromatic rings. The summed E-state index contributed by atoms with van der Waals surface area (Å²) in [5.41, 5.74) is 15.0. The lowest BCUT2D eigenvalue weighted by atomic mass is 9.73. The molecule has 4 nitrogen and oxygen atoms in total. The number of hydrogen-bond donors (Lipinski definition) is 2. The van der Waals surface area contributed by atoms with Gasteiger partial charge in [-0.3, -0.25) is 4.79 Å². The van der Waals surface area contributed by atoms with E-state index in [9.17, 15) is 4.79 Å². The Morgan fingerprint density at radius 3 is 2.68 bits per heavy atom. The first kappa shape index (κ1) is 12.6. The lowest BCUT2D eigenvalue weighted by Crippen LogP contribution is -2.42. The summed E-state index contributed by atoms with van der Waals surface area (Å²) in [6.07, 6.45) is 3.30. The predicted octanol–water partition coefficient (Wildman–Crippen LogP) is 1.05. The second-order valence-electron chi connectivity index (χ2n) is 6.10. The average molecular weight is 259 g/mol. The number of piperidine rings is 1. The lowest BCUT2D eigenvalue weighted by molar-refractivity contribution is 0.0999. The van der Waals surface area contributed by atoms with Gasteiger partial charge in [-0.2, -0.15) is 0 Å². The van der Waals surface area contributed by atoms with Gasteiger partial charge in [0.25, 0.3) is 0 Å². The molecule has 4 heteroatoms. The number of likely N-dealkylation sites (tertiary alicyclic amines) is 1. The average Bonchev–Trinajstić information content (AvgIpc) is 2.66. The molecule has 1 unspecified atom stereocenters. The minimum atomic E-state index is -0.376. The third kappa shape index (κ3) is 1.95. The molecule has 0 bridgehead atoms. The summed E-state index contributed by atoms with van der Waals surface area (Å²) < 4.78 is 0. The molecule has 0 aromatic heterocycles. The van der Waals surface area contributed by atoms with Crippen LogP contribution in [0.2, 0.25) is 0 Å². The molecule has 1 aliphatic carbocycles. The first-order valence-electron chi connectivity index (χ1n) is 6.89. The lowest BCUT2D eigenvalue weighted by Gasteiger charge is -2.41. The molecule has 1 aliphatic heterocycles. The van der Waals surface area contributed by atoms with Crippen LogP contribution in [0.1, 0.15) is 40.4 Å². The highest BCUT2D eigenvalue weighted by molar-refractivity contribution is 5.93. The third-order valence-electron chi connectivity index (χ3n) is 4.95. The first-order valence-corrected chi connectivity index (χ1v) is 6.89. The summed E-state index contributed by atoms with van der Waals surface area (Å²) in [6, 6.07) is 5.79. The largest absolute Gasteiger partial charge is 0.366 e. The van der Waals surface area contributed by atoms with Crippen molar-refractivity contribution < 1.29 is 4.79 Å². The topological polar surface area (TPSA) is 72.3 Å². The van der Waals surface area contributed by atoms with Crippen molar-refractivity contribution in [3.63, 3.8) is 0 Å². The van der Waals surface area contributed by atoms with Crippen LogP contribution in [0, 0.1) is 5.41 Å². The van der Waals surface area contributed by atoms with E-state index in [-0.39, 0.29) is 17.4 Å². The van der Waals surface area contributed by atoms with Gasteiger partial charge >= 0.3 is 0 Å². The second-order valence-corrected chi connectivity index (χ2v) is 6.10. The number of nitrogens with two attached hydrogens (primary N) is 2. The monoisotopic (exact) mass is 259 g/mol. The van der Waals surface area contributed by atoms with Crippen LogP contribution in [0.25, 0.3) is 0 Å². The van der Waals surface area contributed by atoms with E-state index in [0.29, 0.717) is 5.56 Å². The Bertz CT molecular complexity index is 518. The highest BCUT2D eigenvalue weighted by atomic mass is 16.1. The van der Waals surface area contributed by atoms with Crippen LogP contribution >= 0.6 is 0 Å². The van der Waals surface area contributed by atoms with E-state index in [4.69, 9.17) is 11.5 Å². The number of hydrogen-bond acceptors (Lipinski definition) is 3. The SMILES string of the molecule is CN1CCC2(CC1)Cc1ccc(C(N)=O)cc1C2N. The first-order chi connectivity index (χ1) is 9.02. The predicted molar refractivity (Wildman–Crippen MR) is 74.8 cm³/mol. The van der Waals surface area contributed by atoms with E-state index in [2.05, 4.69) is 11.9 Å². The molecule has 3 rings (SSSR count). The van der Waals surface area contributed by atoms with Gasteiger partial charge in [0.05, 0.1) is 0 Å². The Morgan fingerprint density at radius 1 is 1.37 bits per heavy atom. The zero-order valence-electron chi connectivity index (χ0n) is 11.4. The molecule has 1 heterocycles. The van der Waals surface area contributed by atoms with Crippen LogP contribution in [0.5, 0.6) is 0 Å². The zero-order valence-corrected chi connectivity index (χ0v) is 11.4. The molecule has 2 aliphatic rings. The van der Waals surface area contributed by atoms with Gasteiger partial charge in [0, 0.05) is 11.6 Å². The molecule has 19 heavy (non-hydrogen) atoms. The number of carbonyl (C=O) groups is 1. The maximum absolute atomic E-state index is 11.3. The Hall–Kier alpha value is -1.39. The van der Waals surface area contributed by atoms with Crippen LogP contribution in [0.4, 0.5) is 0 Å². The second kappa shape index (κ2) is 4.32. The van der Waals surface area contributed by atoms with Gasteiger partial charge in [0.2, 0.25) is 5.91 Å². The third-order valence-corrected chi connectivity index (χ3v) is 4.95. The van der Waals surface area contributed by atoms with Crippen LogP contribution in [-0.2, 0) is 6.42 Å². The maximum atomic E-state index is 11.3.